The number of thiazole rings is 1. The van der Waals surface area contributed by atoms with Crippen molar-refractivity contribution in [3.05, 3.63) is 57.4 Å². The van der Waals surface area contributed by atoms with Crippen molar-refractivity contribution in [2.75, 3.05) is 18.9 Å². The van der Waals surface area contributed by atoms with Crippen molar-refractivity contribution in [3.8, 4) is 9.88 Å². The SMILES string of the molecule is Cc1cc(C)c(NC(=O)CN(C)C(=O)Cc2csc(-c3cccs3)n2)c(C)c1. The number of rotatable bonds is 6. The fourth-order valence-corrected chi connectivity index (χ4v) is 4.69. The molecule has 5 nitrogen and oxygen atoms in total. The van der Waals surface area contributed by atoms with Crippen molar-refractivity contribution in [1.82, 2.24) is 9.88 Å². The van der Waals surface area contributed by atoms with E-state index >= 15 is 0 Å². The standard InChI is InChI=1S/C21H23N3O2S2/c1-13-8-14(2)20(15(3)9-13)23-18(25)11-24(4)19(26)10-16-12-28-21(22-16)17-6-5-7-27-17/h5-9,12H,10-11H2,1-4H3,(H,23,25). The molecule has 0 aliphatic carbocycles. The maximum Gasteiger partial charge on any atom is 0.243 e. The highest BCUT2D eigenvalue weighted by molar-refractivity contribution is 7.20. The molecule has 0 aliphatic heterocycles. The van der Waals surface area contributed by atoms with Gasteiger partial charge in [0.15, 0.2) is 0 Å². The molecular weight excluding hydrogens is 390 g/mol. The first-order valence-corrected chi connectivity index (χ1v) is 10.7. The number of nitrogens with one attached hydrogen (secondary N) is 1. The minimum atomic E-state index is -0.205. The fraction of sp³-hybridized carbons (Fsp3) is 0.286. The largest absolute Gasteiger partial charge is 0.336 e. The van der Waals surface area contributed by atoms with Crippen LogP contribution in [0.1, 0.15) is 22.4 Å². The molecule has 1 aromatic carbocycles. The Bertz CT molecular complexity index is 970. The number of carbonyl (C=O) groups is 2. The Labute approximate surface area is 173 Å². The summed E-state index contributed by atoms with van der Waals surface area (Å²) in [4.78, 5) is 32.0. The molecule has 2 aromatic heterocycles. The average molecular weight is 414 g/mol. The van der Waals surface area contributed by atoms with Crippen molar-refractivity contribution >= 4 is 40.2 Å². The zero-order valence-electron chi connectivity index (χ0n) is 16.4. The highest BCUT2D eigenvalue weighted by atomic mass is 32.1. The third-order valence-electron chi connectivity index (χ3n) is 4.36. The summed E-state index contributed by atoms with van der Waals surface area (Å²) in [6.45, 7) is 5.98. The predicted molar refractivity (Wildman–Crippen MR) is 116 cm³/mol. The van der Waals surface area contributed by atoms with Crippen molar-refractivity contribution in [2.24, 2.45) is 0 Å². The molecule has 0 spiro atoms. The molecule has 0 aliphatic rings. The number of aromatic nitrogens is 1. The molecule has 1 N–H and O–H groups in total. The van der Waals surface area contributed by atoms with Gasteiger partial charge < -0.3 is 10.2 Å². The number of benzene rings is 1. The van der Waals surface area contributed by atoms with Gasteiger partial charge in [-0.2, -0.15) is 0 Å². The van der Waals surface area contributed by atoms with Gasteiger partial charge in [0.05, 0.1) is 23.5 Å². The Hall–Kier alpha value is -2.51. The highest BCUT2D eigenvalue weighted by Crippen LogP contribution is 2.28. The zero-order chi connectivity index (χ0) is 20.3. The second kappa shape index (κ2) is 8.67. The summed E-state index contributed by atoms with van der Waals surface area (Å²) in [7, 11) is 1.64. The molecule has 0 atom stereocenters. The Kier molecular flexibility index (Phi) is 6.26. The van der Waals surface area contributed by atoms with Crippen LogP contribution in [-0.4, -0.2) is 35.3 Å². The molecule has 7 heteroatoms. The highest BCUT2D eigenvalue weighted by Gasteiger charge is 2.17. The lowest BCUT2D eigenvalue weighted by Crippen LogP contribution is -2.36. The van der Waals surface area contributed by atoms with E-state index in [4.69, 9.17) is 0 Å². The number of thiophene rings is 1. The Balaban J connectivity index is 1.57. The maximum absolute atomic E-state index is 12.5. The number of hydrogen-bond acceptors (Lipinski definition) is 5. The van der Waals surface area contributed by atoms with Crippen molar-refractivity contribution in [1.29, 1.82) is 0 Å². The summed E-state index contributed by atoms with van der Waals surface area (Å²) >= 11 is 3.16. The van der Waals surface area contributed by atoms with Gasteiger partial charge in [0.25, 0.3) is 0 Å². The van der Waals surface area contributed by atoms with E-state index in [9.17, 15) is 9.59 Å². The maximum atomic E-state index is 12.5. The molecule has 3 rings (SSSR count). The lowest BCUT2D eigenvalue weighted by Gasteiger charge is -2.18. The molecule has 0 unspecified atom stereocenters. The lowest BCUT2D eigenvalue weighted by molar-refractivity contribution is -0.132. The summed E-state index contributed by atoms with van der Waals surface area (Å²) in [5, 5.41) is 7.76. The van der Waals surface area contributed by atoms with E-state index in [1.807, 2.05) is 55.8 Å². The first-order chi connectivity index (χ1) is 13.3. The van der Waals surface area contributed by atoms with Gasteiger partial charge in [0.1, 0.15) is 5.01 Å². The van der Waals surface area contributed by atoms with Gasteiger partial charge in [-0.1, -0.05) is 23.8 Å². The van der Waals surface area contributed by atoms with Crippen LogP contribution in [0.2, 0.25) is 0 Å². The number of anilines is 1. The molecule has 0 radical (unpaired) electrons. The lowest BCUT2D eigenvalue weighted by atomic mass is 10.1. The van der Waals surface area contributed by atoms with Crippen molar-refractivity contribution in [2.45, 2.75) is 27.2 Å². The van der Waals surface area contributed by atoms with E-state index < -0.39 is 0 Å². The van der Waals surface area contributed by atoms with Gasteiger partial charge in [0, 0.05) is 18.1 Å². The predicted octanol–water partition coefficient (Wildman–Crippen LogP) is 4.44. The van der Waals surface area contributed by atoms with E-state index in [1.165, 1.54) is 16.2 Å². The van der Waals surface area contributed by atoms with Crippen LogP contribution in [0.25, 0.3) is 9.88 Å². The molecule has 2 amide bonds. The number of hydrogen-bond donors (Lipinski definition) is 1. The number of aryl methyl sites for hydroxylation is 3. The number of amides is 2. The van der Waals surface area contributed by atoms with E-state index in [1.54, 1.807) is 18.4 Å². The van der Waals surface area contributed by atoms with Crippen LogP contribution in [0.4, 0.5) is 5.69 Å². The van der Waals surface area contributed by atoms with Crippen LogP contribution < -0.4 is 5.32 Å². The van der Waals surface area contributed by atoms with E-state index in [2.05, 4.69) is 10.3 Å². The molecule has 0 saturated heterocycles. The van der Waals surface area contributed by atoms with E-state index in [0.717, 1.165) is 38.0 Å². The normalized spacial score (nSPS) is 10.7. The van der Waals surface area contributed by atoms with Crippen LogP contribution in [-0.2, 0) is 16.0 Å². The molecule has 3 aromatic rings. The number of carbonyl (C=O) groups excluding carboxylic acids is 2. The fourth-order valence-electron chi connectivity index (χ4n) is 3.05. The zero-order valence-corrected chi connectivity index (χ0v) is 18.0. The first kappa shape index (κ1) is 20.2. The second-order valence-corrected chi connectivity index (χ2v) is 8.68. The summed E-state index contributed by atoms with van der Waals surface area (Å²) in [5.74, 6) is -0.334. The van der Waals surface area contributed by atoms with Crippen LogP contribution >= 0.6 is 22.7 Å². The molecule has 28 heavy (non-hydrogen) atoms. The third-order valence-corrected chi connectivity index (χ3v) is 6.29. The summed E-state index contributed by atoms with van der Waals surface area (Å²) in [6, 6.07) is 8.06. The van der Waals surface area contributed by atoms with Crippen LogP contribution in [0.3, 0.4) is 0 Å². The third kappa shape index (κ3) is 4.85. The van der Waals surface area contributed by atoms with Gasteiger partial charge in [0.2, 0.25) is 11.8 Å². The van der Waals surface area contributed by atoms with Gasteiger partial charge >= 0.3 is 0 Å². The van der Waals surface area contributed by atoms with Crippen molar-refractivity contribution < 1.29 is 9.59 Å². The second-order valence-electron chi connectivity index (χ2n) is 6.87. The van der Waals surface area contributed by atoms with Crippen LogP contribution in [0, 0.1) is 20.8 Å². The smallest absolute Gasteiger partial charge is 0.243 e. The summed E-state index contributed by atoms with van der Waals surface area (Å²) in [6.07, 6.45) is 0.189. The minimum Gasteiger partial charge on any atom is -0.336 e. The van der Waals surface area contributed by atoms with E-state index in [-0.39, 0.29) is 24.8 Å². The van der Waals surface area contributed by atoms with Gasteiger partial charge in [-0.3, -0.25) is 9.59 Å². The van der Waals surface area contributed by atoms with Crippen molar-refractivity contribution in [3.63, 3.8) is 0 Å². The molecule has 0 fully saturated rings. The first-order valence-electron chi connectivity index (χ1n) is 8.93. The molecule has 146 valence electrons. The number of likely N-dealkylation sites (N-methyl/N-ethyl adjacent to an activating group) is 1. The summed E-state index contributed by atoms with van der Waals surface area (Å²) in [5.41, 5.74) is 4.74. The minimum absolute atomic E-state index is 0.00745. The van der Waals surface area contributed by atoms with Gasteiger partial charge in [-0.05, 0) is 43.3 Å². The average Bonchev–Trinajstić information content (AvgIpc) is 3.29. The summed E-state index contributed by atoms with van der Waals surface area (Å²) < 4.78 is 0. The van der Waals surface area contributed by atoms with Crippen LogP contribution in [0.5, 0.6) is 0 Å². The molecule has 2 heterocycles. The van der Waals surface area contributed by atoms with Crippen LogP contribution in [0.15, 0.2) is 35.0 Å². The Morgan fingerprint density at radius 3 is 2.50 bits per heavy atom. The number of nitrogens with zero attached hydrogens (tertiary/aromatic N) is 2. The van der Waals surface area contributed by atoms with E-state index in [0.29, 0.717) is 0 Å². The Morgan fingerprint density at radius 1 is 1.14 bits per heavy atom. The quantitative estimate of drug-likeness (QED) is 0.650. The monoisotopic (exact) mass is 413 g/mol. The van der Waals surface area contributed by atoms with Gasteiger partial charge in [-0.15, -0.1) is 22.7 Å². The molecule has 0 bridgehead atoms. The molecular formula is C21H23N3O2S2. The Morgan fingerprint density at radius 2 is 1.86 bits per heavy atom. The topological polar surface area (TPSA) is 62.3 Å². The molecule has 0 saturated carbocycles. The van der Waals surface area contributed by atoms with Gasteiger partial charge in [-0.25, -0.2) is 4.98 Å².